The summed E-state index contributed by atoms with van der Waals surface area (Å²) in [4.78, 5) is 0.347. The third kappa shape index (κ3) is 3.28. The largest absolute Gasteiger partial charge is 0.330 e. The lowest BCUT2D eigenvalue weighted by molar-refractivity contribution is 0.463. The molecule has 0 saturated heterocycles. The molecule has 2 N–H and O–H groups in total. The molecule has 0 bridgehead atoms. The van der Waals surface area contributed by atoms with Gasteiger partial charge in [-0.1, -0.05) is 6.07 Å². The summed E-state index contributed by atoms with van der Waals surface area (Å²) < 4.78 is 25.7. The molecule has 0 amide bonds. The number of rotatable bonds is 5. The molecule has 0 atom stereocenters. The highest BCUT2D eigenvalue weighted by Gasteiger charge is 2.20. The predicted molar refractivity (Wildman–Crippen MR) is 69.4 cm³/mol. The van der Waals surface area contributed by atoms with Crippen LogP contribution in [0.4, 0.5) is 0 Å². The number of nitrogens with zero attached hydrogens (tertiary/aromatic N) is 1. The van der Waals surface area contributed by atoms with Crippen molar-refractivity contribution in [2.24, 2.45) is 5.73 Å². The van der Waals surface area contributed by atoms with E-state index in [-0.39, 0.29) is 0 Å². The van der Waals surface area contributed by atoms with Crippen molar-refractivity contribution in [3.63, 3.8) is 0 Å². The maximum atomic E-state index is 12.2. The van der Waals surface area contributed by atoms with Gasteiger partial charge in [0.1, 0.15) is 0 Å². The van der Waals surface area contributed by atoms with Gasteiger partial charge >= 0.3 is 0 Å². The van der Waals surface area contributed by atoms with Crippen molar-refractivity contribution >= 4 is 10.0 Å². The lowest BCUT2D eigenvalue weighted by atomic mass is 10.1. The van der Waals surface area contributed by atoms with Crippen LogP contribution in [0.1, 0.15) is 17.5 Å². The van der Waals surface area contributed by atoms with E-state index in [1.165, 1.54) is 4.31 Å². The number of hydrogen-bond donors (Lipinski definition) is 1. The van der Waals surface area contributed by atoms with Gasteiger partial charge in [-0.3, -0.25) is 0 Å². The summed E-state index contributed by atoms with van der Waals surface area (Å²) in [7, 11) is -1.79. The van der Waals surface area contributed by atoms with Crippen molar-refractivity contribution in [1.82, 2.24) is 4.31 Å². The second-order valence-corrected chi connectivity index (χ2v) is 6.26. The molecule has 0 unspecified atom stereocenters. The maximum Gasteiger partial charge on any atom is 0.242 e. The van der Waals surface area contributed by atoms with Gasteiger partial charge in [0.15, 0.2) is 0 Å². The van der Waals surface area contributed by atoms with E-state index in [0.717, 1.165) is 11.1 Å². The van der Waals surface area contributed by atoms with Gasteiger partial charge in [-0.15, -0.1) is 0 Å². The Hall–Kier alpha value is -0.910. The lowest BCUT2D eigenvalue weighted by Gasteiger charge is -2.17. The molecule has 0 heterocycles. The van der Waals surface area contributed by atoms with Gasteiger partial charge < -0.3 is 5.73 Å². The van der Waals surface area contributed by atoms with Crippen LogP contribution in [0.15, 0.2) is 23.1 Å². The monoisotopic (exact) mass is 256 g/mol. The van der Waals surface area contributed by atoms with Gasteiger partial charge in [0.05, 0.1) is 4.90 Å². The summed E-state index contributed by atoms with van der Waals surface area (Å²) in [6, 6.07) is 5.19. The molecule has 0 aliphatic heterocycles. The Bertz CT molecular complexity index is 483. The van der Waals surface area contributed by atoms with Crippen molar-refractivity contribution in [2.75, 3.05) is 20.1 Å². The van der Waals surface area contributed by atoms with Crippen LogP contribution in [0.2, 0.25) is 0 Å². The third-order valence-corrected chi connectivity index (χ3v) is 4.72. The Balaban J connectivity index is 3.00. The molecule has 0 radical (unpaired) electrons. The number of sulfonamides is 1. The van der Waals surface area contributed by atoms with Crippen molar-refractivity contribution in [3.8, 4) is 0 Å². The normalized spacial score (nSPS) is 12.1. The standard InChI is InChI=1S/C12H20N2O2S/c1-10-5-6-12(9-11(10)2)17(15,16)14(3)8-4-7-13/h5-6,9H,4,7-8,13H2,1-3H3. The van der Waals surface area contributed by atoms with Crippen molar-refractivity contribution in [1.29, 1.82) is 0 Å². The molecule has 1 aromatic rings. The number of benzene rings is 1. The predicted octanol–water partition coefficient (Wildman–Crippen LogP) is 1.27. The van der Waals surface area contributed by atoms with E-state index >= 15 is 0 Å². The first-order valence-electron chi connectivity index (χ1n) is 5.63. The van der Waals surface area contributed by atoms with E-state index in [9.17, 15) is 8.42 Å². The molecule has 1 aromatic carbocycles. The fourth-order valence-corrected chi connectivity index (χ4v) is 2.78. The third-order valence-electron chi connectivity index (χ3n) is 2.86. The van der Waals surface area contributed by atoms with Crippen LogP contribution in [-0.2, 0) is 10.0 Å². The van der Waals surface area contributed by atoms with E-state index in [4.69, 9.17) is 5.73 Å². The highest BCUT2D eigenvalue weighted by Crippen LogP contribution is 2.18. The molecule has 17 heavy (non-hydrogen) atoms. The molecule has 96 valence electrons. The molecule has 0 aliphatic rings. The van der Waals surface area contributed by atoms with Gasteiger partial charge in [-0.2, -0.15) is 0 Å². The van der Waals surface area contributed by atoms with E-state index < -0.39 is 10.0 Å². The minimum atomic E-state index is -3.37. The first-order valence-corrected chi connectivity index (χ1v) is 7.07. The van der Waals surface area contributed by atoms with Gasteiger partial charge in [0, 0.05) is 13.6 Å². The zero-order chi connectivity index (χ0) is 13.1. The molecular formula is C12H20N2O2S. The fraction of sp³-hybridized carbons (Fsp3) is 0.500. The highest BCUT2D eigenvalue weighted by molar-refractivity contribution is 7.89. The Kier molecular flexibility index (Phi) is 4.68. The number of hydrogen-bond acceptors (Lipinski definition) is 3. The molecule has 1 rings (SSSR count). The summed E-state index contributed by atoms with van der Waals surface area (Å²) in [5.74, 6) is 0. The van der Waals surface area contributed by atoms with Crippen LogP contribution in [0.5, 0.6) is 0 Å². The second kappa shape index (κ2) is 5.62. The molecular weight excluding hydrogens is 236 g/mol. The Morgan fingerprint density at radius 3 is 2.41 bits per heavy atom. The fourth-order valence-electron chi connectivity index (χ4n) is 1.49. The van der Waals surface area contributed by atoms with Crippen LogP contribution in [0.25, 0.3) is 0 Å². The number of nitrogens with two attached hydrogens (primary N) is 1. The summed E-state index contributed by atoms with van der Waals surface area (Å²) >= 11 is 0. The van der Waals surface area contributed by atoms with Gasteiger partial charge in [-0.25, -0.2) is 12.7 Å². The summed E-state index contributed by atoms with van der Waals surface area (Å²) in [6.45, 7) is 4.82. The Morgan fingerprint density at radius 2 is 1.88 bits per heavy atom. The van der Waals surface area contributed by atoms with E-state index in [0.29, 0.717) is 24.4 Å². The molecule has 0 spiro atoms. The van der Waals surface area contributed by atoms with Gasteiger partial charge in [0.25, 0.3) is 0 Å². The van der Waals surface area contributed by atoms with E-state index in [1.54, 1.807) is 19.2 Å². The molecule has 4 nitrogen and oxygen atoms in total. The van der Waals surface area contributed by atoms with Crippen molar-refractivity contribution < 1.29 is 8.42 Å². The minimum absolute atomic E-state index is 0.347. The summed E-state index contributed by atoms with van der Waals surface area (Å²) in [5.41, 5.74) is 7.46. The zero-order valence-corrected chi connectivity index (χ0v) is 11.4. The topological polar surface area (TPSA) is 63.4 Å². The average molecular weight is 256 g/mol. The lowest BCUT2D eigenvalue weighted by Crippen LogP contribution is -2.29. The van der Waals surface area contributed by atoms with Crippen LogP contribution in [0, 0.1) is 13.8 Å². The highest BCUT2D eigenvalue weighted by atomic mass is 32.2. The summed E-state index contributed by atoms with van der Waals surface area (Å²) in [5, 5.41) is 0. The average Bonchev–Trinajstić information content (AvgIpc) is 2.29. The molecule has 0 aliphatic carbocycles. The molecule has 0 aromatic heterocycles. The first-order chi connectivity index (χ1) is 7.89. The van der Waals surface area contributed by atoms with Crippen LogP contribution < -0.4 is 5.73 Å². The Morgan fingerprint density at radius 1 is 1.24 bits per heavy atom. The SMILES string of the molecule is Cc1ccc(S(=O)(=O)N(C)CCCN)cc1C. The minimum Gasteiger partial charge on any atom is -0.330 e. The summed E-state index contributed by atoms with van der Waals surface area (Å²) in [6.07, 6.45) is 0.667. The second-order valence-electron chi connectivity index (χ2n) is 4.21. The van der Waals surface area contributed by atoms with Crippen LogP contribution in [-0.4, -0.2) is 32.9 Å². The van der Waals surface area contributed by atoms with E-state index in [2.05, 4.69) is 0 Å². The molecule has 0 saturated carbocycles. The maximum absolute atomic E-state index is 12.2. The molecule has 5 heteroatoms. The number of aryl methyl sites for hydroxylation is 2. The van der Waals surface area contributed by atoms with Crippen LogP contribution in [0.3, 0.4) is 0 Å². The smallest absolute Gasteiger partial charge is 0.242 e. The zero-order valence-electron chi connectivity index (χ0n) is 10.6. The quantitative estimate of drug-likeness (QED) is 0.863. The Labute approximate surface area is 103 Å². The van der Waals surface area contributed by atoms with Gasteiger partial charge in [0.2, 0.25) is 10.0 Å². The van der Waals surface area contributed by atoms with Crippen LogP contribution >= 0.6 is 0 Å². The molecule has 0 fully saturated rings. The van der Waals surface area contributed by atoms with E-state index in [1.807, 2.05) is 19.9 Å². The van der Waals surface area contributed by atoms with Crippen molar-refractivity contribution in [2.45, 2.75) is 25.2 Å². The van der Waals surface area contributed by atoms with Crippen molar-refractivity contribution in [3.05, 3.63) is 29.3 Å². The van der Waals surface area contributed by atoms with Gasteiger partial charge in [-0.05, 0) is 50.1 Å². The first kappa shape index (κ1) is 14.2.